The number of ether oxygens (including phenoxy) is 1. The topological polar surface area (TPSA) is 83.9 Å². The van der Waals surface area contributed by atoms with Gasteiger partial charge in [0.05, 0.1) is 0 Å². The van der Waals surface area contributed by atoms with Crippen molar-refractivity contribution in [1.29, 1.82) is 0 Å². The van der Waals surface area contributed by atoms with Crippen molar-refractivity contribution >= 4 is 17.7 Å². The third-order valence-electron chi connectivity index (χ3n) is 4.33. The summed E-state index contributed by atoms with van der Waals surface area (Å²) in [6.07, 6.45) is 0.415. The molecule has 2 rings (SSSR count). The lowest BCUT2D eigenvalue weighted by Crippen LogP contribution is -2.53. The zero-order valence-corrected chi connectivity index (χ0v) is 14.2. The van der Waals surface area contributed by atoms with Gasteiger partial charge in [-0.3, -0.25) is 9.59 Å². The molecule has 0 aromatic heterocycles. The maximum absolute atomic E-state index is 12.6. The molecule has 6 heteroatoms. The van der Waals surface area contributed by atoms with E-state index in [-0.39, 0.29) is 17.6 Å². The first-order valence-corrected chi connectivity index (χ1v) is 8.10. The second-order valence-corrected chi connectivity index (χ2v) is 6.36. The number of carboxylic acid groups (broad SMARTS) is 1. The molecule has 0 aliphatic carbocycles. The first-order valence-electron chi connectivity index (χ1n) is 8.10. The monoisotopic (exact) mass is 333 g/mol. The van der Waals surface area contributed by atoms with Crippen LogP contribution in [0.5, 0.6) is 5.75 Å². The average Bonchev–Trinajstić information content (AvgIpc) is 2.54. The highest BCUT2D eigenvalue weighted by atomic mass is 16.5. The van der Waals surface area contributed by atoms with E-state index in [1.54, 1.807) is 31.2 Å². The Bertz CT molecular complexity index is 642. The van der Waals surface area contributed by atoms with Gasteiger partial charge < -0.3 is 14.7 Å². The fourth-order valence-corrected chi connectivity index (χ4v) is 2.92. The Labute approximate surface area is 141 Å². The number of Topliss-reactive ketones (excluding diaryl/α,β-unsaturated/α-hetero) is 1. The number of rotatable bonds is 5. The summed E-state index contributed by atoms with van der Waals surface area (Å²) >= 11 is 0. The van der Waals surface area contributed by atoms with Crippen LogP contribution in [0.25, 0.3) is 0 Å². The fourth-order valence-electron chi connectivity index (χ4n) is 2.92. The van der Waals surface area contributed by atoms with Gasteiger partial charge in [0.1, 0.15) is 11.8 Å². The van der Waals surface area contributed by atoms with Crippen LogP contribution in [0.3, 0.4) is 0 Å². The number of piperidine rings is 1. The van der Waals surface area contributed by atoms with E-state index in [2.05, 4.69) is 0 Å². The van der Waals surface area contributed by atoms with Crippen LogP contribution >= 0.6 is 0 Å². The number of hydrogen-bond donors (Lipinski definition) is 1. The highest BCUT2D eigenvalue weighted by Crippen LogP contribution is 2.24. The molecule has 1 amide bonds. The molecule has 3 atom stereocenters. The van der Waals surface area contributed by atoms with Gasteiger partial charge in [0.25, 0.3) is 5.91 Å². The number of benzene rings is 1. The van der Waals surface area contributed by atoms with Crippen molar-refractivity contribution in [2.24, 2.45) is 5.92 Å². The summed E-state index contributed by atoms with van der Waals surface area (Å²) in [6, 6.07) is 5.80. The highest BCUT2D eigenvalue weighted by molar-refractivity contribution is 5.94. The summed E-state index contributed by atoms with van der Waals surface area (Å²) in [7, 11) is 0. The summed E-state index contributed by atoms with van der Waals surface area (Å²) in [5, 5.41) is 9.37. The van der Waals surface area contributed by atoms with E-state index in [9.17, 15) is 19.5 Å². The molecule has 1 aromatic carbocycles. The van der Waals surface area contributed by atoms with Crippen LogP contribution in [-0.4, -0.2) is 46.4 Å². The number of aliphatic carboxylic acids is 1. The molecule has 1 saturated heterocycles. The van der Waals surface area contributed by atoms with E-state index < -0.39 is 18.1 Å². The molecule has 1 aliphatic heterocycles. The minimum atomic E-state index is -0.985. The number of hydrogen-bond acceptors (Lipinski definition) is 4. The van der Waals surface area contributed by atoms with Crippen molar-refractivity contribution in [3.63, 3.8) is 0 Å². The lowest BCUT2D eigenvalue weighted by Gasteiger charge is -2.37. The zero-order valence-electron chi connectivity index (χ0n) is 14.2. The predicted molar refractivity (Wildman–Crippen MR) is 88.1 cm³/mol. The minimum absolute atomic E-state index is 0.0876. The number of amides is 1. The highest BCUT2D eigenvalue weighted by Gasteiger charge is 2.37. The summed E-state index contributed by atoms with van der Waals surface area (Å²) < 4.78 is 5.64. The van der Waals surface area contributed by atoms with Crippen molar-refractivity contribution in [2.75, 3.05) is 6.54 Å². The quantitative estimate of drug-likeness (QED) is 0.836. The van der Waals surface area contributed by atoms with Gasteiger partial charge in [-0.2, -0.15) is 0 Å². The van der Waals surface area contributed by atoms with Crippen LogP contribution in [0.2, 0.25) is 0 Å². The molecule has 1 N–H and O–H groups in total. The van der Waals surface area contributed by atoms with Crippen molar-refractivity contribution < 1.29 is 24.2 Å². The largest absolute Gasteiger partial charge is 0.481 e. The molecule has 0 bridgehead atoms. The molecule has 130 valence electrons. The Morgan fingerprint density at radius 2 is 2.04 bits per heavy atom. The average molecular weight is 333 g/mol. The van der Waals surface area contributed by atoms with Crippen molar-refractivity contribution in [1.82, 2.24) is 4.90 Å². The van der Waals surface area contributed by atoms with Gasteiger partial charge >= 0.3 is 5.97 Å². The van der Waals surface area contributed by atoms with E-state index in [1.165, 1.54) is 11.8 Å². The van der Waals surface area contributed by atoms with Crippen LogP contribution in [0.1, 0.15) is 44.0 Å². The molecule has 0 spiro atoms. The first-order chi connectivity index (χ1) is 11.3. The molecule has 1 aliphatic rings. The standard InChI is InChI=1S/C18H23NO5/c1-11-7-8-19(16(9-11)18(22)23)17(21)13(3)24-15-6-4-5-14(10-15)12(2)20/h4-6,10-11,13,16H,7-9H2,1-3H3,(H,22,23). The molecule has 1 aromatic rings. The molecule has 1 fully saturated rings. The van der Waals surface area contributed by atoms with Gasteiger partial charge in [0.15, 0.2) is 11.9 Å². The molecule has 6 nitrogen and oxygen atoms in total. The summed E-state index contributed by atoms with van der Waals surface area (Å²) in [5.74, 6) is -0.724. The fraction of sp³-hybridized carbons (Fsp3) is 0.500. The van der Waals surface area contributed by atoms with E-state index >= 15 is 0 Å². The Balaban J connectivity index is 2.09. The smallest absolute Gasteiger partial charge is 0.326 e. The summed E-state index contributed by atoms with van der Waals surface area (Å²) in [4.78, 5) is 36.9. The second-order valence-electron chi connectivity index (χ2n) is 6.36. The van der Waals surface area contributed by atoms with Crippen molar-refractivity contribution in [2.45, 2.75) is 45.8 Å². The number of carboxylic acids is 1. The Hall–Kier alpha value is -2.37. The molecule has 1 heterocycles. The Kier molecular flexibility index (Phi) is 5.59. The number of carbonyl (C=O) groups excluding carboxylic acids is 2. The Morgan fingerprint density at radius 3 is 2.67 bits per heavy atom. The maximum atomic E-state index is 12.6. The van der Waals surface area contributed by atoms with E-state index in [0.29, 0.717) is 24.3 Å². The lowest BCUT2D eigenvalue weighted by atomic mass is 9.92. The lowest BCUT2D eigenvalue weighted by molar-refractivity contribution is -0.156. The zero-order chi connectivity index (χ0) is 17.9. The van der Waals surface area contributed by atoms with Crippen LogP contribution in [0, 0.1) is 5.92 Å². The summed E-state index contributed by atoms with van der Waals surface area (Å²) in [5.41, 5.74) is 0.502. The van der Waals surface area contributed by atoms with Crippen LogP contribution in [0.4, 0.5) is 0 Å². The summed E-state index contributed by atoms with van der Waals surface area (Å²) in [6.45, 7) is 5.46. The number of likely N-dealkylation sites (tertiary alicyclic amines) is 1. The second kappa shape index (κ2) is 7.47. The molecule has 0 radical (unpaired) electrons. The molecular formula is C18H23NO5. The predicted octanol–water partition coefficient (Wildman–Crippen LogP) is 2.37. The third-order valence-corrected chi connectivity index (χ3v) is 4.33. The van der Waals surface area contributed by atoms with Crippen LogP contribution in [0.15, 0.2) is 24.3 Å². The molecule has 24 heavy (non-hydrogen) atoms. The van der Waals surface area contributed by atoms with Gasteiger partial charge in [-0.15, -0.1) is 0 Å². The van der Waals surface area contributed by atoms with Crippen LogP contribution in [-0.2, 0) is 9.59 Å². The van der Waals surface area contributed by atoms with Gasteiger partial charge in [-0.05, 0) is 44.7 Å². The van der Waals surface area contributed by atoms with Gasteiger partial charge in [-0.1, -0.05) is 19.1 Å². The van der Waals surface area contributed by atoms with Gasteiger partial charge in [-0.25, -0.2) is 4.79 Å². The Morgan fingerprint density at radius 1 is 1.33 bits per heavy atom. The van der Waals surface area contributed by atoms with Gasteiger partial charge in [0, 0.05) is 12.1 Å². The molecule has 0 saturated carbocycles. The number of ketones is 1. The van der Waals surface area contributed by atoms with E-state index in [1.807, 2.05) is 6.92 Å². The van der Waals surface area contributed by atoms with E-state index in [4.69, 9.17) is 4.74 Å². The maximum Gasteiger partial charge on any atom is 0.326 e. The van der Waals surface area contributed by atoms with Crippen molar-refractivity contribution in [3.05, 3.63) is 29.8 Å². The first kappa shape index (κ1) is 18.0. The van der Waals surface area contributed by atoms with Crippen LogP contribution < -0.4 is 4.74 Å². The SMILES string of the molecule is CC(=O)c1cccc(OC(C)C(=O)N2CCC(C)CC2C(=O)O)c1. The van der Waals surface area contributed by atoms with E-state index in [0.717, 1.165) is 6.42 Å². The van der Waals surface area contributed by atoms with Gasteiger partial charge in [0.2, 0.25) is 0 Å². The number of nitrogens with zero attached hydrogens (tertiary/aromatic N) is 1. The minimum Gasteiger partial charge on any atom is -0.481 e. The number of carbonyl (C=O) groups is 3. The third kappa shape index (κ3) is 4.13. The molecular weight excluding hydrogens is 310 g/mol. The van der Waals surface area contributed by atoms with Crippen molar-refractivity contribution in [3.8, 4) is 5.75 Å². The molecule has 3 unspecified atom stereocenters. The normalized spacial score (nSPS) is 21.9.